The van der Waals surface area contributed by atoms with Crippen LogP contribution in [-0.2, 0) is 22.0 Å². The molecule has 4 aromatic rings. The van der Waals surface area contributed by atoms with Crippen LogP contribution in [0.1, 0.15) is 50.0 Å². The van der Waals surface area contributed by atoms with Crippen molar-refractivity contribution in [1.82, 2.24) is 24.5 Å². The molecule has 3 aromatic heterocycles. The molecule has 0 amide bonds. The van der Waals surface area contributed by atoms with E-state index >= 15 is 0 Å². The molecule has 1 aromatic carbocycles. The Morgan fingerprint density at radius 3 is 2.50 bits per heavy atom. The Bertz CT molecular complexity index is 1540. The molecule has 1 N–H and O–H groups in total. The molecule has 0 aliphatic heterocycles. The number of hydrogen-bond donors (Lipinski definition) is 1. The van der Waals surface area contributed by atoms with Crippen LogP contribution in [0.15, 0.2) is 47.5 Å². The molecular weight excluding hydrogens is 454 g/mol. The van der Waals surface area contributed by atoms with Crippen molar-refractivity contribution >= 4 is 16.9 Å². The summed E-state index contributed by atoms with van der Waals surface area (Å²) in [5.74, 6) is 0.861. The van der Waals surface area contributed by atoms with Crippen LogP contribution in [0.25, 0.3) is 33.5 Å². The Balaban J connectivity index is 1.49. The average molecular weight is 484 g/mol. The number of nitrogens with zero attached hydrogens (tertiary/aromatic N) is 4. The smallest absolute Gasteiger partial charge is 0.311 e. The summed E-state index contributed by atoms with van der Waals surface area (Å²) < 4.78 is 6.64. The number of hydrogen-bond acceptors (Lipinski definition) is 6. The third kappa shape index (κ3) is 3.38. The van der Waals surface area contributed by atoms with E-state index in [4.69, 9.17) is 14.7 Å². The number of imidazole rings is 1. The number of carbonyl (C=O) groups excluding carboxylic acids is 1. The number of fused-ring (bicyclic) bond motifs is 4. The quantitative estimate of drug-likeness (QED) is 0.430. The largest absolute Gasteiger partial charge is 0.469 e. The summed E-state index contributed by atoms with van der Waals surface area (Å²) in [6.45, 7) is 1.97. The predicted molar refractivity (Wildman–Crippen MR) is 136 cm³/mol. The number of methoxy groups -OCH3 is 1. The second kappa shape index (κ2) is 8.11. The van der Waals surface area contributed by atoms with Crippen LogP contribution in [-0.4, -0.2) is 37.6 Å². The fourth-order valence-corrected chi connectivity index (χ4v) is 6.12. The van der Waals surface area contributed by atoms with Gasteiger partial charge in [0.2, 0.25) is 0 Å². The maximum absolute atomic E-state index is 12.8. The number of pyridine rings is 1. The zero-order valence-corrected chi connectivity index (χ0v) is 20.8. The highest BCUT2D eigenvalue weighted by Crippen LogP contribution is 2.58. The molecule has 3 saturated carbocycles. The number of esters is 1. The fourth-order valence-electron chi connectivity index (χ4n) is 6.12. The lowest BCUT2D eigenvalue weighted by atomic mass is 9.53. The second-order valence-electron chi connectivity index (χ2n) is 10.4. The maximum Gasteiger partial charge on any atom is 0.311 e. The highest BCUT2D eigenvalue weighted by molar-refractivity contribution is 5.86. The summed E-state index contributed by atoms with van der Waals surface area (Å²) in [6, 6.07) is 11.7. The van der Waals surface area contributed by atoms with E-state index in [9.17, 15) is 9.59 Å². The number of H-pyrrole nitrogens is 1. The van der Waals surface area contributed by atoms with Crippen LogP contribution in [0.5, 0.6) is 0 Å². The van der Waals surface area contributed by atoms with Gasteiger partial charge in [-0.25, -0.2) is 9.97 Å². The number of aromatic nitrogens is 5. The maximum atomic E-state index is 12.8. The van der Waals surface area contributed by atoms with Crippen molar-refractivity contribution in [1.29, 1.82) is 0 Å². The summed E-state index contributed by atoms with van der Waals surface area (Å²) in [5, 5.41) is 0.557. The first-order valence-electron chi connectivity index (χ1n) is 12.4. The molecule has 36 heavy (non-hydrogen) atoms. The van der Waals surface area contributed by atoms with Crippen LogP contribution >= 0.6 is 0 Å². The molecule has 0 saturated heterocycles. The monoisotopic (exact) mass is 483 g/mol. The van der Waals surface area contributed by atoms with Gasteiger partial charge in [-0.15, -0.1) is 0 Å². The highest BCUT2D eigenvalue weighted by Gasteiger charge is 2.55. The van der Waals surface area contributed by atoms with Crippen molar-refractivity contribution in [2.45, 2.75) is 50.9 Å². The van der Waals surface area contributed by atoms with Crippen molar-refractivity contribution in [2.24, 2.45) is 12.5 Å². The minimum absolute atomic E-state index is 0.0769. The van der Waals surface area contributed by atoms with E-state index in [-0.39, 0.29) is 22.4 Å². The van der Waals surface area contributed by atoms with Gasteiger partial charge >= 0.3 is 5.97 Å². The minimum atomic E-state index is -0.349. The van der Waals surface area contributed by atoms with Crippen LogP contribution in [0, 0.1) is 12.3 Å². The first-order chi connectivity index (χ1) is 17.3. The molecule has 3 aliphatic rings. The molecule has 0 spiro atoms. The fraction of sp³-hybridized carbons (Fsp3) is 0.393. The third-order valence-electron chi connectivity index (χ3n) is 8.41. The van der Waals surface area contributed by atoms with Gasteiger partial charge in [-0.1, -0.05) is 12.1 Å². The Morgan fingerprint density at radius 2 is 1.81 bits per heavy atom. The van der Waals surface area contributed by atoms with Gasteiger partial charge in [0.15, 0.2) is 0 Å². The molecule has 3 aliphatic carbocycles. The minimum Gasteiger partial charge on any atom is -0.469 e. The third-order valence-corrected chi connectivity index (χ3v) is 8.41. The molecule has 8 nitrogen and oxygen atoms in total. The molecular formula is C28H29N5O3. The van der Waals surface area contributed by atoms with Crippen molar-refractivity contribution in [3.8, 4) is 22.6 Å². The van der Waals surface area contributed by atoms with Gasteiger partial charge in [0.1, 0.15) is 5.82 Å². The number of carbonyl (C=O) groups is 1. The highest BCUT2D eigenvalue weighted by atomic mass is 16.5. The van der Waals surface area contributed by atoms with E-state index < -0.39 is 0 Å². The van der Waals surface area contributed by atoms with Crippen LogP contribution in [0.3, 0.4) is 0 Å². The average Bonchev–Trinajstić information content (AvgIpc) is 3.38. The predicted octanol–water partition coefficient (Wildman–Crippen LogP) is 4.46. The van der Waals surface area contributed by atoms with E-state index in [0.29, 0.717) is 10.9 Å². The zero-order valence-electron chi connectivity index (χ0n) is 20.8. The Labute approximate surface area is 208 Å². The molecule has 7 rings (SSSR count). The summed E-state index contributed by atoms with van der Waals surface area (Å²) in [7, 11) is 3.19. The molecule has 3 heterocycles. The van der Waals surface area contributed by atoms with E-state index in [1.165, 1.54) is 11.7 Å². The lowest BCUT2D eigenvalue weighted by Crippen LogP contribution is -2.48. The van der Waals surface area contributed by atoms with Gasteiger partial charge in [0.25, 0.3) is 5.56 Å². The number of rotatable bonds is 4. The van der Waals surface area contributed by atoms with Crippen LogP contribution < -0.4 is 5.56 Å². The van der Waals surface area contributed by atoms with E-state index in [1.54, 1.807) is 13.4 Å². The normalized spacial score (nSPS) is 23.2. The molecule has 8 heteroatoms. The standard InChI is InChI=1S/C28H29N5O3/c1-17-5-4-6-21(30-17)23-22(18-7-8-20-19(15-18)24(34)33(2)16-29-20)31-25(32-23)27-9-12-28(13-10-27,14-11-27)26(35)36-3/h4-8,15-16H,9-14H2,1-3H3,(H,31,32). The SMILES string of the molecule is COC(=O)C12CCC(c3nc(-c4ccc5ncn(C)c(=O)c5c4)c(-c4cccc(C)n4)[nH]3)(CC1)CC2. The first-order valence-corrected chi connectivity index (χ1v) is 12.4. The van der Waals surface area contributed by atoms with Crippen molar-refractivity contribution in [3.05, 3.63) is 64.6 Å². The van der Waals surface area contributed by atoms with E-state index in [2.05, 4.69) is 9.97 Å². The first kappa shape index (κ1) is 22.6. The van der Waals surface area contributed by atoms with Crippen molar-refractivity contribution in [2.75, 3.05) is 7.11 Å². The van der Waals surface area contributed by atoms with Gasteiger partial charge in [-0.05, 0) is 69.7 Å². The molecule has 3 fully saturated rings. The van der Waals surface area contributed by atoms with Crippen molar-refractivity contribution < 1.29 is 9.53 Å². The summed E-state index contributed by atoms with van der Waals surface area (Å²) in [4.78, 5) is 43.3. The number of ether oxygens (including phenoxy) is 1. The second-order valence-corrected chi connectivity index (χ2v) is 10.4. The Kier molecular flexibility index (Phi) is 5.10. The van der Waals surface area contributed by atoms with Crippen LogP contribution in [0.4, 0.5) is 0 Å². The van der Waals surface area contributed by atoms with Crippen molar-refractivity contribution in [3.63, 3.8) is 0 Å². The molecule has 0 atom stereocenters. The number of aromatic amines is 1. The number of nitrogens with one attached hydrogen (secondary N) is 1. The van der Waals surface area contributed by atoms with Gasteiger partial charge < -0.3 is 14.3 Å². The molecule has 184 valence electrons. The van der Waals surface area contributed by atoms with E-state index in [1.807, 2.05) is 43.3 Å². The number of aryl methyl sites for hydroxylation is 2. The Morgan fingerprint density at radius 1 is 1.06 bits per heavy atom. The van der Waals surface area contributed by atoms with Gasteiger partial charge in [0, 0.05) is 23.7 Å². The van der Waals surface area contributed by atoms with E-state index in [0.717, 1.165) is 72.7 Å². The number of benzene rings is 1. The Hall–Kier alpha value is -3.81. The summed E-state index contributed by atoms with van der Waals surface area (Å²) in [6.07, 6.45) is 6.63. The zero-order chi connectivity index (χ0) is 25.1. The van der Waals surface area contributed by atoms with Gasteiger partial charge in [-0.2, -0.15) is 0 Å². The summed E-state index contributed by atoms with van der Waals surface area (Å²) >= 11 is 0. The van der Waals surface area contributed by atoms with Gasteiger partial charge in [-0.3, -0.25) is 14.6 Å². The molecule has 0 unspecified atom stereocenters. The van der Waals surface area contributed by atoms with Gasteiger partial charge in [0.05, 0.1) is 46.8 Å². The molecule has 2 bridgehead atoms. The lowest BCUT2D eigenvalue weighted by molar-refractivity contribution is -0.160. The summed E-state index contributed by atoms with van der Waals surface area (Å²) in [5.41, 5.74) is 4.31. The van der Waals surface area contributed by atoms with Crippen LogP contribution in [0.2, 0.25) is 0 Å². The topological polar surface area (TPSA) is 103 Å². The lowest BCUT2D eigenvalue weighted by Gasteiger charge is -2.50. The molecule has 0 radical (unpaired) electrons.